The predicted molar refractivity (Wildman–Crippen MR) is 125 cm³/mol. The first-order valence-electron chi connectivity index (χ1n) is 11.1. The van der Waals surface area contributed by atoms with Crippen molar-refractivity contribution in [1.29, 1.82) is 0 Å². The van der Waals surface area contributed by atoms with E-state index >= 15 is 0 Å². The van der Waals surface area contributed by atoms with E-state index in [1.807, 2.05) is 6.92 Å². The number of aliphatic carboxylic acids is 1. The molecular formula is C24H44N2O5. The Morgan fingerprint density at radius 1 is 1.06 bits per heavy atom. The lowest BCUT2D eigenvalue weighted by Crippen LogP contribution is -2.42. The number of carboxylic acid groups (broad SMARTS) is 1. The second-order valence-corrected chi connectivity index (χ2v) is 9.60. The molecule has 0 radical (unpaired) electrons. The number of carbonyl (C=O) groups is 2. The molecule has 7 heteroatoms. The molecule has 0 saturated carbocycles. The highest BCUT2D eigenvalue weighted by atomic mass is 16.5. The van der Waals surface area contributed by atoms with Gasteiger partial charge in [-0.1, -0.05) is 53.2 Å². The summed E-state index contributed by atoms with van der Waals surface area (Å²) in [7, 11) is 0. The van der Waals surface area contributed by atoms with Crippen LogP contribution >= 0.6 is 0 Å². The quantitative estimate of drug-likeness (QED) is 0.221. The number of allylic oxidation sites excluding steroid dienone is 2. The van der Waals surface area contributed by atoms with Gasteiger partial charge in [0.2, 0.25) is 5.91 Å². The van der Waals surface area contributed by atoms with Gasteiger partial charge in [-0.3, -0.25) is 4.79 Å². The summed E-state index contributed by atoms with van der Waals surface area (Å²) < 4.78 is 10.8. The summed E-state index contributed by atoms with van der Waals surface area (Å²) in [5.74, 6) is -1.52. The van der Waals surface area contributed by atoms with Gasteiger partial charge in [-0.25, -0.2) is 4.79 Å². The number of rotatable bonds is 18. The Balaban J connectivity index is 3.96. The van der Waals surface area contributed by atoms with Crippen molar-refractivity contribution in [2.24, 2.45) is 10.8 Å². The lowest BCUT2D eigenvalue weighted by molar-refractivity contribution is -0.142. The number of amides is 1. The molecular weight excluding hydrogens is 396 g/mol. The number of carbonyl (C=O) groups excluding carboxylic acids is 1. The lowest BCUT2D eigenvalue weighted by atomic mass is 9.72. The molecule has 31 heavy (non-hydrogen) atoms. The van der Waals surface area contributed by atoms with Gasteiger partial charge in [0.05, 0.1) is 19.8 Å². The number of nitrogens with one attached hydrogen (secondary N) is 2. The fourth-order valence-corrected chi connectivity index (χ4v) is 3.21. The predicted octanol–water partition coefficient (Wildman–Crippen LogP) is 3.90. The zero-order valence-corrected chi connectivity index (χ0v) is 20.4. The summed E-state index contributed by atoms with van der Waals surface area (Å²) in [4.78, 5) is 23.0. The molecule has 3 N–H and O–H groups in total. The third-order valence-corrected chi connectivity index (χ3v) is 5.38. The fraction of sp³-hybridized carbons (Fsp3) is 0.750. The highest BCUT2D eigenvalue weighted by Crippen LogP contribution is 2.39. The maximum atomic E-state index is 11.8. The summed E-state index contributed by atoms with van der Waals surface area (Å²) in [6.07, 6.45) is 3.02. The van der Waals surface area contributed by atoms with Crippen LogP contribution in [0.25, 0.3) is 0 Å². The van der Waals surface area contributed by atoms with Gasteiger partial charge < -0.3 is 25.2 Å². The molecule has 180 valence electrons. The van der Waals surface area contributed by atoms with Gasteiger partial charge in [-0.2, -0.15) is 0 Å². The van der Waals surface area contributed by atoms with E-state index in [2.05, 4.69) is 58.4 Å². The molecule has 0 aromatic carbocycles. The van der Waals surface area contributed by atoms with Crippen molar-refractivity contribution in [3.8, 4) is 0 Å². The summed E-state index contributed by atoms with van der Waals surface area (Å²) in [5.41, 5.74) is 2.14. The maximum Gasteiger partial charge on any atom is 0.326 e. The molecule has 0 spiro atoms. The Bertz CT molecular complexity index is 599. The van der Waals surface area contributed by atoms with Crippen LogP contribution in [0.2, 0.25) is 0 Å². The molecule has 1 amide bonds. The third-order valence-electron chi connectivity index (χ3n) is 5.38. The van der Waals surface area contributed by atoms with E-state index in [1.165, 1.54) is 0 Å². The highest BCUT2D eigenvalue weighted by Gasteiger charge is 2.29. The van der Waals surface area contributed by atoms with Crippen LogP contribution in [0, 0.1) is 10.8 Å². The standard InChI is InChI=1S/C24H44N2O5/c1-9-23(5,6)17-24(7,8)19(4)25-12-13-30-14-15-31-16-21(27)26-20(22(28)29)11-10-18(2)3/h20,25H,2,4,9-17H2,1,3,5-8H3,(H,26,27)(H,28,29). The van der Waals surface area contributed by atoms with Crippen LogP contribution in [0.5, 0.6) is 0 Å². The van der Waals surface area contributed by atoms with Crippen molar-refractivity contribution in [3.05, 3.63) is 24.4 Å². The van der Waals surface area contributed by atoms with Crippen molar-refractivity contribution in [3.63, 3.8) is 0 Å². The van der Waals surface area contributed by atoms with Crippen molar-refractivity contribution >= 4 is 11.9 Å². The summed E-state index contributed by atoms with van der Waals surface area (Å²) >= 11 is 0. The Hall–Kier alpha value is -1.86. The van der Waals surface area contributed by atoms with Gasteiger partial charge in [0, 0.05) is 17.7 Å². The summed E-state index contributed by atoms with van der Waals surface area (Å²) in [6.45, 7) is 22.5. The van der Waals surface area contributed by atoms with Crippen LogP contribution in [0.4, 0.5) is 0 Å². The molecule has 7 nitrogen and oxygen atoms in total. The Morgan fingerprint density at radius 2 is 1.68 bits per heavy atom. The number of hydrogen-bond donors (Lipinski definition) is 3. The van der Waals surface area contributed by atoms with Gasteiger partial charge in [0.15, 0.2) is 0 Å². The van der Waals surface area contributed by atoms with Crippen LogP contribution in [0.3, 0.4) is 0 Å². The monoisotopic (exact) mass is 440 g/mol. The van der Waals surface area contributed by atoms with Crippen LogP contribution in [0.15, 0.2) is 24.4 Å². The smallest absolute Gasteiger partial charge is 0.326 e. The zero-order valence-electron chi connectivity index (χ0n) is 20.4. The van der Waals surface area contributed by atoms with Crippen LogP contribution < -0.4 is 10.6 Å². The van der Waals surface area contributed by atoms with Crippen LogP contribution in [-0.2, 0) is 19.1 Å². The second-order valence-electron chi connectivity index (χ2n) is 9.60. The Labute approximate surface area is 188 Å². The van der Waals surface area contributed by atoms with Gasteiger partial charge in [0.1, 0.15) is 12.6 Å². The molecule has 0 aliphatic heterocycles. The van der Waals surface area contributed by atoms with Crippen molar-refractivity contribution in [2.45, 2.75) is 73.3 Å². The Morgan fingerprint density at radius 3 is 2.23 bits per heavy atom. The molecule has 0 saturated heterocycles. The summed E-state index contributed by atoms with van der Waals surface area (Å²) in [5, 5.41) is 15.0. The normalized spacial score (nSPS) is 12.8. The van der Waals surface area contributed by atoms with Crippen molar-refractivity contribution in [1.82, 2.24) is 10.6 Å². The second kappa shape index (κ2) is 14.2. The number of ether oxygens (including phenoxy) is 2. The Kier molecular flexibility index (Phi) is 13.4. The first kappa shape index (κ1) is 29.1. The van der Waals surface area contributed by atoms with Crippen molar-refractivity contribution in [2.75, 3.05) is 33.0 Å². The van der Waals surface area contributed by atoms with Gasteiger partial charge >= 0.3 is 5.97 Å². The molecule has 0 aromatic rings. The van der Waals surface area contributed by atoms with Crippen LogP contribution in [0.1, 0.15) is 67.2 Å². The third kappa shape index (κ3) is 13.9. The average Bonchev–Trinajstić information content (AvgIpc) is 2.65. The number of hydrogen-bond acceptors (Lipinski definition) is 5. The molecule has 0 fully saturated rings. The minimum Gasteiger partial charge on any atom is -0.480 e. The SMILES string of the molecule is C=C(C)CCC(NC(=O)COCCOCCNC(=C)C(C)(C)CC(C)(C)CC)C(=O)O. The maximum absolute atomic E-state index is 11.8. The van der Waals surface area contributed by atoms with E-state index < -0.39 is 17.9 Å². The van der Waals surface area contributed by atoms with Crippen LogP contribution in [-0.4, -0.2) is 56.0 Å². The topological polar surface area (TPSA) is 96.9 Å². The molecule has 0 aliphatic rings. The molecule has 0 heterocycles. The largest absolute Gasteiger partial charge is 0.480 e. The van der Waals surface area contributed by atoms with E-state index in [-0.39, 0.29) is 24.0 Å². The average molecular weight is 441 g/mol. The minimum absolute atomic E-state index is 0.00579. The summed E-state index contributed by atoms with van der Waals surface area (Å²) in [6, 6.07) is -0.935. The van der Waals surface area contributed by atoms with Gasteiger partial charge in [0.25, 0.3) is 0 Å². The van der Waals surface area contributed by atoms with E-state index in [0.29, 0.717) is 32.6 Å². The van der Waals surface area contributed by atoms with Crippen molar-refractivity contribution < 1.29 is 24.2 Å². The van der Waals surface area contributed by atoms with E-state index in [9.17, 15) is 9.59 Å². The molecule has 0 bridgehead atoms. The highest BCUT2D eigenvalue weighted by molar-refractivity contribution is 5.84. The van der Waals surface area contributed by atoms with E-state index in [1.54, 1.807) is 0 Å². The molecule has 0 rings (SSSR count). The molecule has 0 aromatic heterocycles. The van der Waals surface area contributed by atoms with Gasteiger partial charge in [-0.15, -0.1) is 6.58 Å². The minimum atomic E-state index is -1.06. The molecule has 1 unspecified atom stereocenters. The van der Waals surface area contributed by atoms with E-state index in [0.717, 1.165) is 24.1 Å². The molecule has 0 aliphatic carbocycles. The van der Waals surface area contributed by atoms with E-state index in [4.69, 9.17) is 14.6 Å². The first-order chi connectivity index (χ1) is 14.3. The first-order valence-corrected chi connectivity index (χ1v) is 11.1. The lowest BCUT2D eigenvalue weighted by Gasteiger charge is -2.36. The number of carboxylic acids is 1. The molecule has 1 atom stereocenters. The van der Waals surface area contributed by atoms with Gasteiger partial charge in [-0.05, 0) is 31.6 Å². The zero-order chi connectivity index (χ0) is 24.1. The fourth-order valence-electron chi connectivity index (χ4n) is 3.21.